The molecule has 0 heterocycles. The molecule has 0 aliphatic heterocycles. The van der Waals surface area contributed by atoms with E-state index in [1.807, 2.05) is 43.3 Å². The highest BCUT2D eigenvalue weighted by Crippen LogP contribution is 2.12. The normalized spacial score (nSPS) is 10.2. The van der Waals surface area contributed by atoms with Gasteiger partial charge in [-0.2, -0.15) is 0 Å². The van der Waals surface area contributed by atoms with Crippen molar-refractivity contribution in [1.82, 2.24) is 5.32 Å². The largest absolute Gasteiger partial charge is 0.378 e. The number of halogens is 1. The molecule has 0 aliphatic carbocycles. The highest BCUT2D eigenvalue weighted by atomic mass is 19.1. The zero-order valence-electron chi connectivity index (χ0n) is 12.3. The van der Waals surface area contributed by atoms with E-state index in [2.05, 4.69) is 5.32 Å². The van der Waals surface area contributed by atoms with E-state index in [1.165, 1.54) is 12.1 Å². The Labute approximate surface area is 124 Å². The van der Waals surface area contributed by atoms with E-state index < -0.39 is 5.82 Å². The van der Waals surface area contributed by atoms with Crippen molar-refractivity contribution in [1.29, 1.82) is 0 Å². The standard InChI is InChI=1S/C17H19FN2O/c1-20(2)14-9-7-13(8-10-14)11-12-19-17(21)15-5-3-4-6-16(15)18/h3-10H,11-12H2,1-2H3,(H,19,21). The van der Waals surface area contributed by atoms with Gasteiger partial charge in [-0.25, -0.2) is 4.39 Å². The molecule has 3 nitrogen and oxygen atoms in total. The van der Waals surface area contributed by atoms with Gasteiger partial charge in [0.05, 0.1) is 5.56 Å². The van der Waals surface area contributed by atoms with Gasteiger partial charge in [0.15, 0.2) is 0 Å². The summed E-state index contributed by atoms with van der Waals surface area (Å²) in [5, 5.41) is 2.74. The van der Waals surface area contributed by atoms with Crippen LogP contribution in [0.4, 0.5) is 10.1 Å². The molecule has 0 saturated heterocycles. The van der Waals surface area contributed by atoms with Gasteiger partial charge in [0.1, 0.15) is 5.82 Å². The predicted octanol–water partition coefficient (Wildman–Crippen LogP) is 2.86. The molecule has 0 radical (unpaired) electrons. The lowest BCUT2D eigenvalue weighted by atomic mass is 10.1. The number of hydrogen-bond donors (Lipinski definition) is 1. The number of rotatable bonds is 5. The van der Waals surface area contributed by atoms with Crippen molar-refractivity contribution in [2.45, 2.75) is 6.42 Å². The number of hydrogen-bond acceptors (Lipinski definition) is 2. The van der Waals surface area contributed by atoms with Gasteiger partial charge in [0.2, 0.25) is 0 Å². The van der Waals surface area contributed by atoms with E-state index in [4.69, 9.17) is 0 Å². The van der Waals surface area contributed by atoms with Crippen LogP contribution in [0, 0.1) is 5.82 Å². The molecule has 0 aliphatic rings. The Morgan fingerprint density at radius 3 is 2.38 bits per heavy atom. The second-order valence-electron chi connectivity index (χ2n) is 5.05. The summed E-state index contributed by atoms with van der Waals surface area (Å²) >= 11 is 0. The first-order valence-electron chi connectivity index (χ1n) is 6.87. The molecule has 0 spiro atoms. The molecule has 1 N–H and O–H groups in total. The summed E-state index contributed by atoms with van der Waals surface area (Å²) in [5.74, 6) is -0.872. The number of nitrogens with one attached hydrogen (secondary N) is 1. The SMILES string of the molecule is CN(C)c1ccc(CCNC(=O)c2ccccc2F)cc1. The van der Waals surface area contributed by atoms with Crippen LogP contribution in [0.25, 0.3) is 0 Å². The van der Waals surface area contributed by atoms with Crippen molar-refractivity contribution in [3.05, 3.63) is 65.5 Å². The third-order valence-electron chi connectivity index (χ3n) is 3.27. The fourth-order valence-electron chi connectivity index (χ4n) is 2.02. The molecule has 110 valence electrons. The molecule has 0 saturated carbocycles. The molecular weight excluding hydrogens is 267 g/mol. The molecule has 0 bridgehead atoms. The highest BCUT2D eigenvalue weighted by molar-refractivity contribution is 5.94. The fourth-order valence-corrected chi connectivity index (χ4v) is 2.02. The molecule has 2 aromatic rings. The highest BCUT2D eigenvalue weighted by Gasteiger charge is 2.09. The summed E-state index contributed by atoms with van der Waals surface area (Å²) in [6.07, 6.45) is 0.716. The summed E-state index contributed by atoms with van der Waals surface area (Å²) < 4.78 is 13.4. The average Bonchev–Trinajstić information content (AvgIpc) is 2.48. The molecule has 0 atom stereocenters. The molecule has 2 rings (SSSR count). The van der Waals surface area contributed by atoms with Gasteiger partial charge in [-0.05, 0) is 36.2 Å². The third kappa shape index (κ3) is 4.05. The number of carbonyl (C=O) groups is 1. The predicted molar refractivity (Wildman–Crippen MR) is 83.2 cm³/mol. The molecule has 21 heavy (non-hydrogen) atoms. The van der Waals surface area contributed by atoms with Crippen LogP contribution in [0.1, 0.15) is 15.9 Å². The maximum absolute atomic E-state index is 13.4. The Morgan fingerprint density at radius 2 is 1.76 bits per heavy atom. The van der Waals surface area contributed by atoms with Crippen LogP contribution < -0.4 is 10.2 Å². The zero-order chi connectivity index (χ0) is 15.2. The van der Waals surface area contributed by atoms with Crippen LogP contribution in [0.5, 0.6) is 0 Å². The van der Waals surface area contributed by atoms with Gasteiger partial charge >= 0.3 is 0 Å². The Kier molecular flexibility index (Phi) is 4.93. The van der Waals surface area contributed by atoms with Gasteiger partial charge in [-0.3, -0.25) is 4.79 Å². The fraction of sp³-hybridized carbons (Fsp3) is 0.235. The summed E-state index contributed by atoms with van der Waals surface area (Å²) in [7, 11) is 3.98. The maximum atomic E-state index is 13.4. The molecule has 0 aromatic heterocycles. The van der Waals surface area contributed by atoms with Crippen LogP contribution in [-0.2, 0) is 6.42 Å². The number of benzene rings is 2. The van der Waals surface area contributed by atoms with E-state index in [-0.39, 0.29) is 11.5 Å². The molecule has 4 heteroatoms. The lowest BCUT2D eigenvalue weighted by Crippen LogP contribution is -2.26. The van der Waals surface area contributed by atoms with E-state index in [9.17, 15) is 9.18 Å². The minimum absolute atomic E-state index is 0.0838. The number of nitrogens with zero attached hydrogens (tertiary/aromatic N) is 1. The smallest absolute Gasteiger partial charge is 0.254 e. The van der Waals surface area contributed by atoms with Gasteiger partial charge < -0.3 is 10.2 Å². The van der Waals surface area contributed by atoms with Crippen LogP contribution in [0.3, 0.4) is 0 Å². The summed E-state index contributed by atoms with van der Waals surface area (Å²) in [6.45, 7) is 0.481. The van der Waals surface area contributed by atoms with Crippen LogP contribution in [0.15, 0.2) is 48.5 Å². The average molecular weight is 286 g/mol. The van der Waals surface area contributed by atoms with Crippen molar-refractivity contribution in [2.24, 2.45) is 0 Å². The number of amides is 1. The topological polar surface area (TPSA) is 32.3 Å². The Hall–Kier alpha value is -2.36. The molecule has 0 unspecified atom stereocenters. The van der Waals surface area contributed by atoms with Crippen molar-refractivity contribution in [2.75, 3.05) is 25.5 Å². The van der Waals surface area contributed by atoms with Crippen LogP contribution in [-0.4, -0.2) is 26.5 Å². The maximum Gasteiger partial charge on any atom is 0.254 e. The first kappa shape index (κ1) is 15.0. The molecule has 1 amide bonds. The van der Waals surface area contributed by atoms with Crippen LogP contribution >= 0.6 is 0 Å². The zero-order valence-corrected chi connectivity index (χ0v) is 12.3. The lowest BCUT2D eigenvalue weighted by molar-refractivity contribution is 0.0950. The second kappa shape index (κ2) is 6.88. The first-order valence-corrected chi connectivity index (χ1v) is 6.87. The van der Waals surface area contributed by atoms with E-state index in [1.54, 1.807) is 12.1 Å². The van der Waals surface area contributed by atoms with E-state index in [0.29, 0.717) is 13.0 Å². The Bertz CT molecular complexity index is 608. The van der Waals surface area contributed by atoms with Crippen LogP contribution in [0.2, 0.25) is 0 Å². The quantitative estimate of drug-likeness (QED) is 0.916. The minimum Gasteiger partial charge on any atom is -0.378 e. The Morgan fingerprint density at radius 1 is 1.10 bits per heavy atom. The van der Waals surface area contributed by atoms with Crippen molar-refractivity contribution >= 4 is 11.6 Å². The van der Waals surface area contributed by atoms with Gasteiger partial charge in [0.25, 0.3) is 5.91 Å². The lowest BCUT2D eigenvalue weighted by Gasteiger charge is -2.12. The third-order valence-corrected chi connectivity index (χ3v) is 3.27. The van der Waals surface area contributed by atoms with Crippen molar-refractivity contribution in [3.63, 3.8) is 0 Å². The van der Waals surface area contributed by atoms with E-state index >= 15 is 0 Å². The monoisotopic (exact) mass is 286 g/mol. The summed E-state index contributed by atoms with van der Waals surface area (Å²) in [6, 6.07) is 14.1. The molecule has 2 aromatic carbocycles. The molecular formula is C17H19FN2O. The summed E-state index contributed by atoms with van der Waals surface area (Å²) in [4.78, 5) is 13.9. The number of anilines is 1. The van der Waals surface area contributed by atoms with Crippen molar-refractivity contribution in [3.8, 4) is 0 Å². The second-order valence-corrected chi connectivity index (χ2v) is 5.05. The summed E-state index contributed by atoms with van der Waals surface area (Å²) in [5.41, 5.74) is 2.35. The van der Waals surface area contributed by atoms with Gasteiger partial charge in [0, 0.05) is 26.3 Å². The van der Waals surface area contributed by atoms with Crippen molar-refractivity contribution < 1.29 is 9.18 Å². The minimum atomic E-state index is -0.495. The number of carbonyl (C=O) groups excluding carboxylic acids is 1. The first-order chi connectivity index (χ1) is 10.1. The molecule has 0 fully saturated rings. The van der Waals surface area contributed by atoms with E-state index in [0.717, 1.165) is 11.3 Å². The Balaban J connectivity index is 1.87. The van der Waals surface area contributed by atoms with Gasteiger partial charge in [-0.15, -0.1) is 0 Å². The van der Waals surface area contributed by atoms with Gasteiger partial charge in [-0.1, -0.05) is 24.3 Å².